The summed E-state index contributed by atoms with van der Waals surface area (Å²) in [5.41, 5.74) is 3.78. The smallest absolute Gasteiger partial charge is 0.123 e. The lowest BCUT2D eigenvalue weighted by molar-refractivity contribution is -0.672. The van der Waals surface area contributed by atoms with Gasteiger partial charge in [0.25, 0.3) is 0 Å². The summed E-state index contributed by atoms with van der Waals surface area (Å²) in [6.07, 6.45) is 4.07. The van der Waals surface area contributed by atoms with Crippen LogP contribution in [0.15, 0.2) is 48.5 Å². The third-order valence-electron chi connectivity index (χ3n) is 6.61. The van der Waals surface area contributed by atoms with Crippen molar-refractivity contribution >= 4 is 5.69 Å². The zero-order valence-electron chi connectivity index (χ0n) is 18.4. The highest BCUT2D eigenvalue weighted by Gasteiger charge is 2.43. The number of halogens is 1. The fourth-order valence-electron chi connectivity index (χ4n) is 4.56. The first-order valence-corrected chi connectivity index (χ1v) is 10.8. The molecule has 0 radical (unpaired) electrons. The van der Waals surface area contributed by atoms with E-state index in [0.717, 1.165) is 45.4 Å². The lowest BCUT2D eigenvalue weighted by Crippen LogP contribution is -2.83. The van der Waals surface area contributed by atoms with Gasteiger partial charge in [0.2, 0.25) is 0 Å². The van der Waals surface area contributed by atoms with Crippen molar-refractivity contribution in [2.24, 2.45) is 0 Å². The van der Waals surface area contributed by atoms with Crippen LogP contribution >= 0.6 is 0 Å². The van der Waals surface area contributed by atoms with Gasteiger partial charge in [-0.3, -0.25) is 0 Å². The Hall–Kier alpha value is -1.91. The van der Waals surface area contributed by atoms with E-state index in [0.29, 0.717) is 0 Å². The molecule has 3 nitrogen and oxygen atoms in total. The van der Waals surface area contributed by atoms with Crippen molar-refractivity contribution in [3.05, 3.63) is 65.5 Å². The number of quaternary nitrogens is 1. The maximum atomic E-state index is 13.5. The summed E-state index contributed by atoms with van der Waals surface area (Å²) in [6, 6.07) is 15.9. The van der Waals surface area contributed by atoms with E-state index in [1.165, 1.54) is 16.8 Å². The van der Waals surface area contributed by atoms with Gasteiger partial charge in [0.05, 0.1) is 12.1 Å². The summed E-state index contributed by atoms with van der Waals surface area (Å²) in [4.78, 5) is 2.12. The van der Waals surface area contributed by atoms with E-state index in [2.05, 4.69) is 62.4 Å². The Morgan fingerprint density at radius 2 is 1.76 bits per heavy atom. The molecule has 1 aliphatic rings. The van der Waals surface area contributed by atoms with Crippen LogP contribution in [0.1, 0.15) is 50.7 Å². The van der Waals surface area contributed by atoms with Crippen LogP contribution < -0.4 is 10.2 Å². The Morgan fingerprint density at radius 3 is 2.38 bits per heavy atom. The second-order valence-corrected chi connectivity index (χ2v) is 8.96. The Bertz CT molecular complexity index is 774. The van der Waals surface area contributed by atoms with Gasteiger partial charge in [-0.2, -0.15) is 0 Å². The zero-order valence-corrected chi connectivity index (χ0v) is 18.4. The minimum Gasteiger partial charge on any atom is -0.378 e. The molecule has 1 heterocycles. The van der Waals surface area contributed by atoms with Crippen molar-refractivity contribution in [2.75, 3.05) is 32.1 Å². The van der Waals surface area contributed by atoms with Crippen LogP contribution in [0.5, 0.6) is 0 Å². The fourth-order valence-corrected chi connectivity index (χ4v) is 4.56. The lowest BCUT2D eigenvalue weighted by Gasteiger charge is -2.46. The topological polar surface area (TPSA) is 29.1 Å². The molecule has 2 atom stereocenters. The molecule has 0 aromatic heterocycles. The molecule has 0 bridgehead atoms. The summed E-state index contributed by atoms with van der Waals surface area (Å²) in [6.45, 7) is 7.22. The third-order valence-corrected chi connectivity index (χ3v) is 6.61. The maximum absolute atomic E-state index is 13.5. The van der Waals surface area contributed by atoms with Gasteiger partial charge in [0.1, 0.15) is 12.4 Å². The summed E-state index contributed by atoms with van der Waals surface area (Å²) < 4.78 is 19.7. The number of hydrogen-bond donors (Lipinski definition) is 1. The van der Waals surface area contributed by atoms with Crippen molar-refractivity contribution in [1.82, 2.24) is 0 Å². The highest BCUT2D eigenvalue weighted by molar-refractivity contribution is 5.45. The molecule has 3 rings (SSSR count). The molecule has 1 saturated heterocycles. The van der Waals surface area contributed by atoms with E-state index in [-0.39, 0.29) is 16.8 Å². The van der Waals surface area contributed by atoms with Gasteiger partial charge in [-0.25, -0.2) is 4.39 Å². The summed E-state index contributed by atoms with van der Waals surface area (Å²) >= 11 is 0. The van der Waals surface area contributed by atoms with Crippen LogP contribution in [0.4, 0.5) is 10.1 Å². The summed E-state index contributed by atoms with van der Waals surface area (Å²) in [5, 5.41) is 2.40. The van der Waals surface area contributed by atoms with Crippen molar-refractivity contribution < 1.29 is 14.4 Å². The van der Waals surface area contributed by atoms with Gasteiger partial charge < -0.3 is 15.0 Å². The van der Waals surface area contributed by atoms with E-state index < -0.39 is 0 Å². The average Bonchev–Trinajstić information content (AvgIpc) is 2.72. The first-order chi connectivity index (χ1) is 13.9. The highest BCUT2D eigenvalue weighted by atomic mass is 19.1. The number of nitrogens with zero attached hydrogens (tertiary/aromatic N) is 1. The van der Waals surface area contributed by atoms with Crippen LogP contribution in [0.3, 0.4) is 0 Å². The van der Waals surface area contributed by atoms with Crippen molar-refractivity contribution in [1.29, 1.82) is 0 Å². The van der Waals surface area contributed by atoms with Crippen LogP contribution in [-0.4, -0.2) is 32.8 Å². The van der Waals surface area contributed by atoms with E-state index in [4.69, 9.17) is 4.74 Å². The standard InChI is InChI=1S/C25H35FN2O/c1-5-24(2)19-25(15-17-29-24,21-8-10-22(26)11-9-21)14-16-27-18-20-6-12-23(13-7-20)28(3)4/h6-13,27H,5,14-19H2,1-4H3/p+1/t24-,25-/m0/s1. The van der Waals surface area contributed by atoms with E-state index >= 15 is 0 Å². The number of ether oxygens (including phenoxy) is 1. The number of benzene rings is 2. The third kappa shape index (κ3) is 5.37. The molecule has 0 aliphatic carbocycles. The van der Waals surface area contributed by atoms with Gasteiger partial charge in [0, 0.05) is 43.8 Å². The van der Waals surface area contributed by atoms with Gasteiger partial charge in [-0.05, 0) is 56.0 Å². The summed E-state index contributed by atoms with van der Waals surface area (Å²) in [5.74, 6) is -0.165. The highest BCUT2D eigenvalue weighted by Crippen LogP contribution is 2.44. The average molecular weight is 400 g/mol. The second-order valence-electron chi connectivity index (χ2n) is 8.96. The maximum Gasteiger partial charge on any atom is 0.123 e. The van der Waals surface area contributed by atoms with Gasteiger partial charge in [0.15, 0.2) is 0 Å². The fraction of sp³-hybridized carbons (Fsp3) is 0.520. The minimum absolute atomic E-state index is 0.0575. The molecule has 0 saturated carbocycles. The quantitative estimate of drug-likeness (QED) is 0.672. The molecule has 0 amide bonds. The molecule has 0 spiro atoms. The molecule has 4 heteroatoms. The largest absolute Gasteiger partial charge is 0.378 e. The Labute approximate surface area is 175 Å². The van der Waals surface area contributed by atoms with Crippen LogP contribution in [0, 0.1) is 5.82 Å². The number of hydrogen-bond acceptors (Lipinski definition) is 2. The number of rotatable bonds is 8. The number of nitrogens with two attached hydrogens (primary N) is 1. The Morgan fingerprint density at radius 1 is 1.07 bits per heavy atom. The normalized spacial score (nSPS) is 24.4. The van der Waals surface area contributed by atoms with Crippen molar-refractivity contribution in [3.63, 3.8) is 0 Å². The van der Waals surface area contributed by atoms with Crippen LogP contribution in [0.25, 0.3) is 0 Å². The molecule has 1 aliphatic heterocycles. The van der Waals surface area contributed by atoms with Gasteiger partial charge in [-0.15, -0.1) is 0 Å². The van der Waals surface area contributed by atoms with Crippen LogP contribution in [0.2, 0.25) is 0 Å². The predicted molar refractivity (Wildman–Crippen MR) is 118 cm³/mol. The first kappa shape index (κ1) is 21.8. The minimum atomic E-state index is -0.165. The van der Waals surface area contributed by atoms with Crippen molar-refractivity contribution in [2.45, 2.75) is 57.1 Å². The van der Waals surface area contributed by atoms with E-state index in [9.17, 15) is 4.39 Å². The predicted octanol–water partition coefficient (Wildman–Crippen LogP) is 4.26. The Kier molecular flexibility index (Phi) is 6.97. The van der Waals surface area contributed by atoms with E-state index in [1.54, 1.807) is 12.1 Å². The van der Waals surface area contributed by atoms with Crippen molar-refractivity contribution in [3.8, 4) is 0 Å². The molecule has 2 aromatic rings. The lowest BCUT2D eigenvalue weighted by atomic mass is 9.66. The molecule has 158 valence electrons. The summed E-state index contributed by atoms with van der Waals surface area (Å²) in [7, 11) is 4.13. The molecular weight excluding hydrogens is 363 g/mol. The first-order valence-electron chi connectivity index (χ1n) is 10.8. The molecular formula is C25H36FN2O+. The second kappa shape index (κ2) is 9.27. The van der Waals surface area contributed by atoms with Gasteiger partial charge in [-0.1, -0.05) is 31.2 Å². The number of anilines is 1. The Balaban J connectivity index is 1.66. The molecule has 2 aromatic carbocycles. The molecule has 2 N–H and O–H groups in total. The van der Waals surface area contributed by atoms with Crippen LogP contribution in [-0.2, 0) is 16.7 Å². The van der Waals surface area contributed by atoms with E-state index in [1.807, 2.05) is 12.1 Å². The van der Waals surface area contributed by atoms with Gasteiger partial charge >= 0.3 is 0 Å². The molecule has 0 unspecified atom stereocenters. The SMILES string of the molecule is CC[C@@]1(C)C[C@@](CC[NH2+]Cc2ccc(N(C)C)cc2)(c2ccc(F)cc2)CCO1. The molecule has 29 heavy (non-hydrogen) atoms. The zero-order chi connectivity index (χ0) is 20.9. The monoisotopic (exact) mass is 399 g/mol. The molecule has 1 fully saturated rings.